The number of carbonyl (C=O) groups is 1. The number of pyridine rings is 1. The van der Waals surface area contributed by atoms with Crippen molar-refractivity contribution in [1.82, 2.24) is 20.3 Å². The molecule has 0 saturated heterocycles. The molecule has 0 fully saturated rings. The number of aromatic nitrogens is 3. The van der Waals surface area contributed by atoms with Crippen LogP contribution in [0.3, 0.4) is 0 Å². The molecular weight excluding hydrogens is 386 g/mol. The van der Waals surface area contributed by atoms with Crippen LogP contribution in [-0.2, 0) is 0 Å². The molecule has 0 aliphatic rings. The van der Waals surface area contributed by atoms with Crippen LogP contribution in [0.25, 0.3) is 10.3 Å². The maximum Gasteiger partial charge on any atom is 0.321 e. The number of carbonyl (C=O) groups excluding carboxylic acids is 1. The molecule has 3 heterocycles. The Bertz CT molecular complexity index is 789. The van der Waals surface area contributed by atoms with Gasteiger partial charge < -0.3 is 5.32 Å². The average Bonchev–Trinajstić information content (AvgIpc) is 3.13. The fraction of sp³-hybridized carbons (Fsp3) is 0.231. The zero-order chi connectivity index (χ0) is 15.5. The maximum atomic E-state index is 12.1. The molecule has 0 saturated carbocycles. The predicted octanol–water partition coefficient (Wildman–Crippen LogP) is 4.18. The van der Waals surface area contributed by atoms with E-state index in [9.17, 15) is 4.79 Å². The summed E-state index contributed by atoms with van der Waals surface area (Å²) >= 11 is 6.22. The van der Waals surface area contributed by atoms with Crippen LogP contribution in [-0.4, -0.2) is 21.0 Å². The topological polar surface area (TPSA) is 79.8 Å². The zero-order valence-corrected chi connectivity index (χ0v) is 14.8. The fourth-order valence-corrected chi connectivity index (χ4v) is 3.77. The molecule has 2 N–H and O–H groups in total. The number of urea groups is 1. The number of nitrogens with one attached hydrogen (secondary N) is 2. The van der Waals surface area contributed by atoms with E-state index < -0.39 is 0 Å². The van der Waals surface area contributed by atoms with Crippen LogP contribution in [0.15, 0.2) is 28.3 Å². The molecule has 0 radical (unpaired) electrons. The summed E-state index contributed by atoms with van der Waals surface area (Å²) in [4.78, 5) is 25.7. The first-order chi connectivity index (χ1) is 10.7. The molecule has 0 spiro atoms. The predicted molar refractivity (Wildman–Crippen MR) is 92.4 cm³/mol. The summed E-state index contributed by atoms with van der Waals surface area (Å²) in [6.07, 6.45) is 4.22. The number of thiazole rings is 2. The Morgan fingerprint density at radius 3 is 3.05 bits per heavy atom. The number of rotatable bonds is 4. The van der Waals surface area contributed by atoms with Crippen molar-refractivity contribution in [1.29, 1.82) is 0 Å². The quantitative estimate of drug-likeness (QED) is 0.691. The lowest BCUT2D eigenvalue weighted by Crippen LogP contribution is -2.32. The molecule has 3 aromatic rings. The van der Waals surface area contributed by atoms with E-state index in [4.69, 9.17) is 0 Å². The summed E-state index contributed by atoms with van der Waals surface area (Å²) in [5.74, 6) is 0. The van der Waals surface area contributed by atoms with Gasteiger partial charge in [-0.2, -0.15) is 0 Å². The molecule has 0 bridgehead atoms. The lowest BCUT2D eigenvalue weighted by Gasteiger charge is -2.14. The van der Waals surface area contributed by atoms with Gasteiger partial charge in [-0.15, -0.1) is 11.3 Å². The molecule has 1 atom stereocenters. The number of fused-ring (bicyclic) bond motifs is 1. The van der Waals surface area contributed by atoms with Gasteiger partial charge in [0.05, 0.1) is 6.04 Å². The highest BCUT2D eigenvalue weighted by Gasteiger charge is 2.16. The Labute approximate surface area is 143 Å². The van der Waals surface area contributed by atoms with E-state index in [0.717, 1.165) is 26.2 Å². The summed E-state index contributed by atoms with van der Waals surface area (Å²) in [5.41, 5.74) is 0.752. The van der Waals surface area contributed by atoms with Gasteiger partial charge in [0, 0.05) is 22.2 Å². The Balaban J connectivity index is 1.70. The van der Waals surface area contributed by atoms with Crippen LogP contribution in [0.4, 0.5) is 9.93 Å². The molecule has 3 aromatic heterocycles. The number of hydrogen-bond acceptors (Lipinski definition) is 6. The van der Waals surface area contributed by atoms with Crippen molar-refractivity contribution in [2.75, 3.05) is 5.32 Å². The minimum atomic E-state index is -0.292. The minimum absolute atomic E-state index is 0.0957. The normalized spacial score (nSPS) is 12.3. The van der Waals surface area contributed by atoms with Crippen LogP contribution < -0.4 is 10.6 Å². The second kappa shape index (κ2) is 6.67. The highest BCUT2D eigenvalue weighted by Crippen LogP contribution is 2.26. The second-order valence-corrected chi connectivity index (χ2v) is 7.25. The number of hydrogen-bond donors (Lipinski definition) is 2. The Morgan fingerprint density at radius 1 is 1.45 bits per heavy atom. The summed E-state index contributed by atoms with van der Waals surface area (Å²) in [7, 11) is 0. The molecule has 22 heavy (non-hydrogen) atoms. The third-order valence-corrected chi connectivity index (χ3v) is 5.12. The van der Waals surface area contributed by atoms with E-state index in [0.29, 0.717) is 5.13 Å². The largest absolute Gasteiger partial charge is 0.329 e. The Morgan fingerprint density at radius 2 is 2.32 bits per heavy atom. The SMILES string of the molecule is CCC(NC(=O)Nc1nc2cc(Br)cnc2s1)c1nccs1. The van der Waals surface area contributed by atoms with E-state index in [1.165, 1.54) is 22.7 Å². The van der Waals surface area contributed by atoms with Gasteiger partial charge in [-0.3, -0.25) is 5.32 Å². The lowest BCUT2D eigenvalue weighted by atomic mass is 10.2. The number of halogens is 1. The third kappa shape index (κ3) is 3.42. The average molecular weight is 398 g/mol. The van der Waals surface area contributed by atoms with Gasteiger partial charge in [0.15, 0.2) is 5.13 Å². The first-order valence-electron chi connectivity index (χ1n) is 6.54. The van der Waals surface area contributed by atoms with Crippen molar-refractivity contribution in [3.63, 3.8) is 0 Å². The first-order valence-corrected chi connectivity index (χ1v) is 9.03. The number of amides is 2. The molecule has 6 nitrogen and oxygen atoms in total. The van der Waals surface area contributed by atoms with Crippen LogP contribution >= 0.6 is 38.6 Å². The molecule has 0 aliphatic heterocycles. The van der Waals surface area contributed by atoms with Crippen molar-refractivity contribution in [3.8, 4) is 0 Å². The summed E-state index contributed by atoms with van der Waals surface area (Å²) in [6, 6.07) is 1.48. The van der Waals surface area contributed by atoms with Crippen molar-refractivity contribution in [2.24, 2.45) is 0 Å². The minimum Gasteiger partial charge on any atom is -0.329 e. The third-order valence-electron chi connectivity index (χ3n) is 2.90. The second-order valence-electron chi connectivity index (χ2n) is 4.43. The monoisotopic (exact) mass is 397 g/mol. The Kier molecular flexibility index (Phi) is 4.65. The smallest absolute Gasteiger partial charge is 0.321 e. The summed E-state index contributed by atoms with van der Waals surface area (Å²) in [5, 5.41) is 8.98. The van der Waals surface area contributed by atoms with Gasteiger partial charge in [-0.1, -0.05) is 18.3 Å². The maximum absolute atomic E-state index is 12.1. The molecule has 114 valence electrons. The van der Waals surface area contributed by atoms with Crippen LogP contribution in [0.5, 0.6) is 0 Å². The Hall–Kier alpha value is -1.58. The molecule has 1 unspecified atom stereocenters. The van der Waals surface area contributed by atoms with Crippen LogP contribution in [0.2, 0.25) is 0 Å². The van der Waals surface area contributed by atoms with Gasteiger partial charge >= 0.3 is 6.03 Å². The van der Waals surface area contributed by atoms with Crippen LogP contribution in [0, 0.1) is 0 Å². The molecular formula is C13H12BrN5OS2. The highest BCUT2D eigenvalue weighted by atomic mass is 79.9. The number of nitrogens with zero attached hydrogens (tertiary/aromatic N) is 3. The number of anilines is 1. The van der Waals surface area contributed by atoms with E-state index in [1.807, 2.05) is 18.4 Å². The van der Waals surface area contributed by atoms with Crippen molar-refractivity contribution < 1.29 is 4.79 Å². The van der Waals surface area contributed by atoms with Crippen molar-refractivity contribution in [3.05, 3.63) is 33.3 Å². The first kappa shape index (κ1) is 15.3. The highest BCUT2D eigenvalue weighted by molar-refractivity contribution is 9.10. The molecule has 3 rings (SSSR count). The summed E-state index contributed by atoms with van der Waals surface area (Å²) < 4.78 is 0.858. The van der Waals surface area contributed by atoms with Gasteiger partial charge in [0.25, 0.3) is 0 Å². The lowest BCUT2D eigenvalue weighted by molar-refractivity contribution is 0.248. The molecule has 0 aliphatic carbocycles. The zero-order valence-electron chi connectivity index (χ0n) is 11.5. The summed E-state index contributed by atoms with van der Waals surface area (Å²) in [6.45, 7) is 2.01. The molecule has 9 heteroatoms. The van der Waals surface area contributed by atoms with E-state index >= 15 is 0 Å². The molecule has 2 amide bonds. The van der Waals surface area contributed by atoms with Crippen LogP contribution in [0.1, 0.15) is 24.4 Å². The molecule has 0 aromatic carbocycles. The van der Waals surface area contributed by atoms with Crippen molar-refractivity contribution in [2.45, 2.75) is 19.4 Å². The van der Waals surface area contributed by atoms with Crippen molar-refractivity contribution >= 4 is 60.1 Å². The van der Waals surface area contributed by atoms with Gasteiger partial charge in [0.2, 0.25) is 0 Å². The van der Waals surface area contributed by atoms with E-state index in [1.54, 1.807) is 12.4 Å². The van der Waals surface area contributed by atoms with E-state index in [-0.39, 0.29) is 12.1 Å². The van der Waals surface area contributed by atoms with Gasteiger partial charge in [-0.25, -0.2) is 19.7 Å². The van der Waals surface area contributed by atoms with Gasteiger partial charge in [0.1, 0.15) is 15.4 Å². The van der Waals surface area contributed by atoms with E-state index in [2.05, 4.69) is 41.5 Å². The standard InChI is InChI=1S/C13H12BrN5OS2/c1-2-8(10-15-3-4-21-10)17-12(20)19-13-18-9-5-7(14)6-16-11(9)22-13/h3-6,8H,2H2,1H3,(H2,17,18,19,20). The van der Waals surface area contributed by atoms with Gasteiger partial charge in [-0.05, 0) is 28.4 Å². The fourth-order valence-electron chi connectivity index (χ4n) is 1.89.